The molecule has 3 atom stereocenters. The average molecular weight is 287 g/mol. The summed E-state index contributed by atoms with van der Waals surface area (Å²) in [6.45, 7) is 2.22. The Bertz CT molecular complexity index is 555. The molecule has 112 valence electrons. The number of cyclic esters (lactones) is 1. The van der Waals surface area contributed by atoms with Gasteiger partial charge >= 0.3 is 5.97 Å². The van der Waals surface area contributed by atoms with Gasteiger partial charge in [-0.3, -0.25) is 4.79 Å². The number of ether oxygens (including phenoxy) is 1. The maximum Gasteiger partial charge on any atom is 0.339 e. The summed E-state index contributed by atoms with van der Waals surface area (Å²) in [5.41, 5.74) is 1.47. The van der Waals surface area contributed by atoms with Crippen LogP contribution in [0.4, 0.5) is 0 Å². The Morgan fingerprint density at radius 1 is 1.29 bits per heavy atom. The number of hydrogen-bond donors (Lipinski definition) is 1. The minimum absolute atomic E-state index is 0.156. The van der Waals surface area contributed by atoms with E-state index in [1.54, 1.807) is 6.07 Å². The van der Waals surface area contributed by atoms with Crippen molar-refractivity contribution in [2.24, 2.45) is 5.92 Å². The summed E-state index contributed by atoms with van der Waals surface area (Å²) in [6, 6.07) is 7.55. The van der Waals surface area contributed by atoms with E-state index in [4.69, 9.17) is 4.74 Å². The van der Waals surface area contributed by atoms with Gasteiger partial charge in [-0.1, -0.05) is 38.0 Å². The van der Waals surface area contributed by atoms with E-state index in [0.29, 0.717) is 17.9 Å². The van der Waals surface area contributed by atoms with Gasteiger partial charge in [-0.2, -0.15) is 0 Å². The molecule has 0 aromatic heterocycles. The van der Waals surface area contributed by atoms with Gasteiger partial charge in [-0.15, -0.1) is 0 Å². The zero-order chi connectivity index (χ0) is 14.8. The lowest BCUT2D eigenvalue weighted by atomic mass is 9.87. The number of esters is 1. The van der Waals surface area contributed by atoms with Crippen LogP contribution < -0.4 is 5.32 Å². The van der Waals surface area contributed by atoms with Gasteiger partial charge in [0, 0.05) is 12.5 Å². The van der Waals surface area contributed by atoms with Crippen molar-refractivity contribution in [3.63, 3.8) is 0 Å². The second-order valence-electron chi connectivity index (χ2n) is 6.23. The summed E-state index contributed by atoms with van der Waals surface area (Å²) < 4.78 is 5.29. The van der Waals surface area contributed by atoms with E-state index < -0.39 is 12.1 Å². The molecule has 1 aliphatic carbocycles. The Labute approximate surface area is 124 Å². The van der Waals surface area contributed by atoms with Crippen molar-refractivity contribution in [2.45, 2.75) is 51.2 Å². The van der Waals surface area contributed by atoms with Crippen molar-refractivity contribution in [3.8, 4) is 0 Å². The third-order valence-electron chi connectivity index (χ3n) is 4.47. The summed E-state index contributed by atoms with van der Waals surface area (Å²) in [5.74, 6) is 0.102. The van der Waals surface area contributed by atoms with Crippen molar-refractivity contribution >= 4 is 11.9 Å². The number of hydrogen-bond acceptors (Lipinski definition) is 3. The first-order valence-electron chi connectivity index (χ1n) is 7.72. The standard InChI is InChI=1S/C17H21NO3/c1-11-5-4-7-13(9-11)18-16(19)15-10-12-6-2-3-8-14(12)17(20)21-15/h2-3,6,8,11,13,15H,4-5,7,9-10H2,1H3,(H,18,19). The summed E-state index contributed by atoms with van der Waals surface area (Å²) >= 11 is 0. The van der Waals surface area contributed by atoms with Gasteiger partial charge in [0.2, 0.25) is 0 Å². The zero-order valence-corrected chi connectivity index (χ0v) is 12.3. The number of amides is 1. The third-order valence-corrected chi connectivity index (χ3v) is 4.47. The topological polar surface area (TPSA) is 55.4 Å². The number of fused-ring (bicyclic) bond motifs is 1. The SMILES string of the molecule is CC1CCCC(NC(=O)C2Cc3ccccc3C(=O)O2)C1. The molecule has 2 aliphatic rings. The third kappa shape index (κ3) is 3.09. The molecule has 1 heterocycles. The maximum absolute atomic E-state index is 12.3. The Morgan fingerprint density at radius 3 is 2.90 bits per heavy atom. The minimum Gasteiger partial charge on any atom is -0.448 e. The normalized spacial score (nSPS) is 28.4. The molecule has 1 saturated carbocycles. The smallest absolute Gasteiger partial charge is 0.339 e. The van der Waals surface area contributed by atoms with Gasteiger partial charge in [-0.05, 0) is 30.4 Å². The predicted molar refractivity (Wildman–Crippen MR) is 78.9 cm³/mol. The van der Waals surface area contributed by atoms with Gasteiger partial charge in [-0.25, -0.2) is 4.79 Å². The van der Waals surface area contributed by atoms with E-state index in [1.807, 2.05) is 18.2 Å². The monoisotopic (exact) mass is 287 g/mol. The Morgan fingerprint density at radius 2 is 2.10 bits per heavy atom. The molecule has 3 unspecified atom stereocenters. The van der Waals surface area contributed by atoms with Gasteiger partial charge in [0.05, 0.1) is 5.56 Å². The van der Waals surface area contributed by atoms with E-state index in [9.17, 15) is 9.59 Å². The lowest BCUT2D eigenvalue weighted by Gasteiger charge is -2.30. The van der Waals surface area contributed by atoms with E-state index in [0.717, 1.165) is 24.8 Å². The minimum atomic E-state index is -0.690. The second-order valence-corrected chi connectivity index (χ2v) is 6.23. The molecule has 1 fully saturated rings. The number of carbonyl (C=O) groups excluding carboxylic acids is 2. The fourth-order valence-electron chi connectivity index (χ4n) is 3.34. The zero-order valence-electron chi connectivity index (χ0n) is 12.3. The van der Waals surface area contributed by atoms with Crippen LogP contribution in [0.1, 0.15) is 48.5 Å². The first-order valence-corrected chi connectivity index (χ1v) is 7.72. The molecule has 0 saturated heterocycles. The van der Waals surface area contributed by atoms with Crippen molar-refractivity contribution in [2.75, 3.05) is 0 Å². The Balaban J connectivity index is 1.65. The molecular weight excluding hydrogens is 266 g/mol. The van der Waals surface area contributed by atoms with Crippen LogP contribution in [0.5, 0.6) is 0 Å². The molecule has 1 aromatic rings. The van der Waals surface area contributed by atoms with Crippen LogP contribution in [-0.4, -0.2) is 24.0 Å². The van der Waals surface area contributed by atoms with Crippen molar-refractivity contribution < 1.29 is 14.3 Å². The number of carbonyl (C=O) groups is 2. The maximum atomic E-state index is 12.3. The molecular formula is C17H21NO3. The highest BCUT2D eigenvalue weighted by Gasteiger charge is 2.32. The summed E-state index contributed by atoms with van der Waals surface area (Å²) in [5, 5.41) is 3.05. The summed E-state index contributed by atoms with van der Waals surface area (Å²) in [6.07, 6.45) is 4.20. The van der Waals surface area contributed by atoms with Crippen LogP contribution in [0.25, 0.3) is 0 Å². The van der Waals surface area contributed by atoms with Crippen LogP contribution >= 0.6 is 0 Å². The van der Waals surface area contributed by atoms with Crippen molar-refractivity contribution in [1.29, 1.82) is 0 Å². The van der Waals surface area contributed by atoms with Crippen molar-refractivity contribution in [1.82, 2.24) is 5.32 Å². The van der Waals surface area contributed by atoms with E-state index in [-0.39, 0.29) is 11.9 Å². The highest BCUT2D eigenvalue weighted by molar-refractivity contribution is 5.95. The summed E-state index contributed by atoms with van der Waals surface area (Å²) in [7, 11) is 0. The molecule has 4 heteroatoms. The molecule has 4 nitrogen and oxygen atoms in total. The van der Waals surface area contributed by atoms with Crippen LogP contribution in [0, 0.1) is 5.92 Å². The first kappa shape index (κ1) is 14.1. The van der Waals surface area contributed by atoms with E-state index in [2.05, 4.69) is 12.2 Å². The molecule has 0 bridgehead atoms. The largest absolute Gasteiger partial charge is 0.448 e. The lowest BCUT2D eigenvalue weighted by Crippen LogP contribution is -2.47. The van der Waals surface area contributed by atoms with Crippen molar-refractivity contribution in [3.05, 3.63) is 35.4 Å². The molecule has 3 rings (SSSR count). The summed E-state index contributed by atoms with van der Waals surface area (Å²) in [4.78, 5) is 24.3. The first-order chi connectivity index (χ1) is 10.1. The fourth-order valence-corrected chi connectivity index (χ4v) is 3.34. The fraction of sp³-hybridized carbons (Fsp3) is 0.529. The number of nitrogens with one attached hydrogen (secondary N) is 1. The molecule has 1 aliphatic heterocycles. The van der Waals surface area contributed by atoms with E-state index >= 15 is 0 Å². The van der Waals surface area contributed by atoms with Crippen LogP contribution in [0.15, 0.2) is 24.3 Å². The molecule has 0 spiro atoms. The van der Waals surface area contributed by atoms with Gasteiger partial charge < -0.3 is 10.1 Å². The van der Waals surface area contributed by atoms with Gasteiger partial charge in [0.15, 0.2) is 6.10 Å². The highest BCUT2D eigenvalue weighted by atomic mass is 16.5. The van der Waals surface area contributed by atoms with Gasteiger partial charge in [0.1, 0.15) is 0 Å². The van der Waals surface area contributed by atoms with Crippen LogP contribution in [0.2, 0.25) is 0 Å². The molecule has 1 amide bonds. The molecule has 1 aromatic carbocycles. The van der Waals surface area contributed by atoms with Gasteiger partial charge in [0.25, 0.3) is 5.91 Å². The number of benzene rings is 1. The Hall–Kier alpha value is -1.84. The van der Waals surface area contributed by atoms with Crippen LogP contribution in [0.3, 0.4) is 0 Å². The van der Waals surface area contributed by atoms with Crippen LogP contribution in [-0.2, 0) is 16.0 Å². The van der Waals surface area contributed by atoms with E-state index in [1.165, 1.54) is 6.42 Å². The average Bonchev–Trinajstić information content (AvgIpc) is 2.47. The molecule has 1 N–H and O–H groups in total. The Kier molecular flexibility index (Phi) is 3.95. The molecule has 0 radical (unpaired) electrons. The highest BCUT2D eigenvalue weighted by Crippen LogP contribution is 2.25. The predicted octanol–water partition coefficient (Wildman–Crippen LogP) is 2.46. The number of rotatable bonds is 2. The lowest BCUT2D eigenvalue weighted by molar-refractivity contribution is -0.131. The second kappa shape index (κ2) is 5.88. The quantitative estimate of drug-likeness (QED) is 0.850. The molecule has 21 heavy (non-hydrogen) atoms.